The van der Waals surface area contributed by atoms with Gasteiger partial charge in [-0.05, 0) is 67.9 Å². The summed E-state index contributed by atoms with van der Waals surface area (Å²) in [7, 11) is 0. The van der Waals surface area contributed by atoms with Gasteiger partial charge in [0, 0.05) is 28.7 Å². The highest BCUT2D eigenvalue weighted by Crippen LogP contribution is 2.21. The summed E-state index contributed by atoms with van der Waals surface area (Å²) >= 11 is 0. The topological polar surface area (TPSA) is 70.2 Å². The number of urea groups is 1. The fraction of sp³-hybridized carbons (Fsp3) is 0.130. The van der Waals surface area contributed by atoms with Gasteiger partial charge in [0.2, 0.25) is 0 Å². The Morgan fingerprint density at radius 3 is 1.75 bits per heavy atom. The van der Waals surface area contributed by atoms with E-state index in [9.17, 15) is 9.59 Å². The van der Waals surface area contributed by atoms with E-state index in [1.165, 1.54) is 12.5 Å². The summed E-state index contributed by atoms with van der Waals surface area (Å²) in [4.78, 5) is 23.4. The predicted molar refractivity (Wildman–Crippen MR) is 114 cm³/mol. The molecule has 0 spiro atoms. The molecule has 0 heterocycles. The monoisotopic (exact) mass is 373 g/mol. The van der Waals surface area contributed by atoms with E-state index in [-0.39, 0.29) is 17.9 Å². The van der Waals surface area contributed by atoms with Gasteiger partial charge in [0.25, 0.3) is 0 Å². The zero-order chi connectivity index (χ0) is 19.9. The highest BCUT2D eigenvalue weighted by Gasteiger charge is 2.06. The first-order valence-corrected chi connectivity index (χ1v) is 9.12. The fourth-order valence-electron chi connectivity index (χ4n) is 2.81. The third kappa shape index (κ3) is 5.20. The Hall–Kier alpha value is -3.60. The molecule has 3 aromatic carbocycles. The Balaban J connectivity index is 1.54. The van der Waals surface area contributed by atoms with Crippen LogP contribution in [0.3, 0.4) is 0 Å². The number of nitrogens with one attached hydrogen (secondary N) is 3. The van der Waals surface area contributed by atoms with Crippen LogP contribution >= 0.6 is 0 Å². The van der Waals surface area contributed by atoms with Crippen LogP contribution in [0.1, 0.15) is 35.8 Å². The Bertz CT molecular complexity index is 936. The summed E-state index contributed by atoms with van der Waals surface area (Å²) in [5.74, 6) is -0.00807. The second-order valence-electron chi connectivity index (χ2n) is 6.57. The number of hydrogen-bond donors (Lipinski definition) is 3. The van der Waals surface area contributed by atoms with E-state index >= 15 is 0 Å². The lowest BCUT2D eigenvalue weighted by Gasteiger charge is -2.16. The lowest BCUT2D eigenvalue weighted by Crippen LogP contribution is -2.19. The van der Waals surface area contributed by atoms with Gasteiger partial charge in [-0.2, -0.15) is 0 Å². The third-order valence-corrected chi connectivity index (χ3v) is 4.37. The molecule has 5 nitrogen and oxygen atoms in total. The van der Waals surface area contributed by atoms with Crippen molar-refractivity contribution in [2.45, 2.75) is 19.9 Å². The molecule has 142 valence electrons. The normalized spacial score (nSPS) is 11.4. The zero-order valence-electron chi connectivity index (χ0n) is 15.9. The van der Waals surface area contributed by atoms with Crippen LogP contribution in [-0.4, -0.2) is 11.8 Å². The quantitative estimate of drug-likeness (QED) is 0.485. The highest BCUT2D eigenvalue weighted by molar-refractivity contribution is 6.00. The number of carbonyl (C=O) groups is 2. The molecule has 1 atom stereocenters. The van der Waals surface area contributed by atoms with Gasteiger partial charge in [-0.3, -0.25) is 4.79 Å². The van der Waals surface area contributed by atoms with E-state index in [0.29, 0.717) is 16.9 Å². The van der Waals surface area contributed by atoms with Gasteiger partial charge in [0.1, 0.15) is 0 Å². The molecule has 28 heavy (non-hydrogen) atoms. The van der Waals surface area contributed by atoms with Gasteiger partial charge >= 0.3 is 6.03 Å². The summed E-state index contributed by atoms with van der Waals surface area (Å²) in [5.41, 5.74) is 4.11. The van der Waals surface area contributed by atoms with Gasteiger partial charge in [0.15, 0.2) is 5.78 Å². The minimum atomic E-state index is -0.339. The molecule has 0 radical (unpaired) electrons. The average molecular weight is 373 g/mol. The molecule has 5 heteroatoms. The molecule has 3 rings (SSSR count). The Morgan fingerprint density at radius 2 is 1.21 bits per heavy atom. The van der Waals surface area contributed by atoms with E-state index in [1.54, 1.807) is 24.3 Å². The van der Waals surface area contributed by atoms with Crippen LogP contribution in [0.15, 0.2) is 78.9 Å². The molecule has 0 aliphatic heterocycles. The molecule has 0 unspecified atom stereocenters. The SMILES string of the molecule is CC(=O)c1ccc(NC(=O)Nc2ccc(N[C@H](C)c3ccccc3)cc2)cc1. The van der Waals surface area contributed by atoms with Crippen LogP contribution < -0.4 is 16.0 Å². The second-order valence-corrected chi connectivity index (χ2v) is 6.57. The predicted octanol–water partition coefficient (Wildman–Crippen LogP) is 5.71. The van der Waals surface area contributed by atoms with Crippen molar-refractivity contribution in [1.82, 2.24) is 0 Å². The average Bonchev–Trinajstić information content (AvgIpc) is 2.70. The first kappa shape index (κ1) is 19.2. The summed E-state index contributed by atoms with van der Waals surface area (Å²) < 4.78 is 0. The van der Waals surface area contributed by atoms with Crippen LogP contribution in [0.25, 0.3) is 0 Å². The lowest BCUT2D eigenvalue weighted by atomic mass is 10.1. The van der Waals surface area contributed by atoms with E-state index in [4.69, 9.17) is 0 Å². The molecule has 0 fully saturated rings. The Morgan fingerprint density at radius 1 is 0.714 bits per heavy atom. The largest absolute Gasteiger partial charge is 0.379 e. The second kappa shape index (κ2) is 8.86. The highest BCUT2D eigenvalue weighted by atomic mass is 16.2. The summed E-state index contributed by atoms with van der Waals surface area (Å²) in [5, 5.41) is 8.98. The molecular formula is C23H23N3O2. The molecule has 0 aromatic heterocycles. The molecule has 2 amide bonds. The number of hydrogen-bond acceptors (Lipinski definition) is 3. The van der Waals surface area contributed by atoms with Crippen LogP contribution in [0.4, 0.5) is 21.9 Å². The van der Waals surface area contributed by atoms with E-state index < -0.39 is 0 Å². The minimum absolute atomic E-state index is 0.00807. The molecule has 3 N–H and O–H groups in total. The standard InChI is InChI=1S/C23H23N3O2/c1-16(18-6-4-3-5-7-18)24-20-12-14-22(15-13-20)26-23(28)25-21-10-8-19(9-11-21)17(2)27/h3-16,24H,1-2H3,(H2,25,26,28)/t16-/m1/s1. The summed E-state index contributed by atoms with van der Waals surface area (Å²) in [6.45, 7) is 3.61. The number of carbonyl (C=O) groups excluding carboxylic acids is 2. The first-order chi connectivity index (χ1) is 13.5. The zero-order valence-corrected chi connectivity index (χ0v) is 15.9. The van der Waals surface area contributed by atoms with Crippen LogP contribution in [0, 0.1) is 0 Å². The Labute approximate surface area is 164 Å². The molecular weight excluding hydrogens is 350 g/mol. The fourth-order valence-corrected chi connectivity index (χ4v) is 2.81. The van der Waals surface area contributed by atoms with Gasteiger partial charge in [-0.1, -0.05) is 30.3 Å². The van der Waals surface area contributed by atoms with E-state index in [2.05, 4.69) is 35.0 Å². The van der Waals surface area contributed by atoms with Crippen LogP contribution in [0.5, 0.6) is 0 Å². The van der Waals surface area contributed by atoms with Crippen molar-refractivity contribution in [3.8, 4) is 0 Å². The minimum Gasteiger partial charge on any atom is -0.379 e. The van der Waals surface area contributed by atoms with Crippen molar-refractivity contribution in [3.63, 3.8) is 0 Å². The maximum absolute atomic E-state index is 12.1. The van der Waals surface area contributed by atoms with Gasteiger partial charge in [-0.15, -0.1) is 0 Å². The van der Waals surface area contributed by atoms with Gasteiger partial charge in [-0.25, -0.2) is 4.79 Å². The van der Waals surface area contributed by atoms with Crippen molar-refractivity contribution >= 4 is 28.9 Å². The number of Topliss-reactive ketones (excluding diaryl/α,β-unsaturated/α-hetero) is 1. The summed E-state index contributed by atoms with van der Waals surface area (Å²) in [6.07, 6.45) is 0. The van der Waals surface area contributed by atoms with Crippen molar-refractivity contribution in [2.75, 3.05) is 16.0 Å². The third-order valence-electron chi connectivity index (χ3n) is 4.37. The van der Waals surface area contributed by atoms with Crippen molar-refractivity contribution in [2.24, 2.45) is 0 Å². The Kier molecular flexibility index (Phi) is 6.07. The molecule has 0 aliphatic rings. The van der Waals surface area contributed by atoms with E-state index in [1.807, 2.05) is 42.5 Å². The lowest BCUT2D eigenvalue weighted by molar-refractivity contribution is 0.101. The van der Waals surface area contributed by atoms with Gasteiger partial charge in [0.05, 0.1) is 0 Å². The molecule has 0 saturated heterocycles. The summed E-state index contributed by atoms with van der Waals surface area (Å²) in [6, 6.07) is 24.4. The molecule has 0 aliphatic carbocycles. The smallest absolute Gasteiger partial charge is 0.323 e. The van der Waals surface area contributed by atoms with Crippen molar-refractivity contribution in [3.05, 3.63) is 90.0 Å². The first-order valence-electron chi connectivity index (χ1n) is 9.12. The maximum atomic E-state index is 12.1. The molecule has 0 saturated carbocycles. The number of rotatable bonds is 6. The number of anilines is 3. The van der Waals surface area contributed by atoms with Crippen LogP contribution in [0.2, 0.25) is 0 Å². The van der Waals surface area contributed by atoms with Gasteiger partial charge < -0.3 is 16.0 Å². The number of amides is 2. The number of benzene rings is 3. The van der Waals surface area contributed by atoms with Crippen LogP contribution in [-0.2, 0) is 0 Å². The van der Waals surface area contributed by atoms with E-state index in [0.717, 1.165) is 5.69 Å². The van der Waals surface area contributed by atoms with Crippen molar-refractivity contribution < 1.29 is 9.59 Å². The molecule has 0 bridgehead atoms. The number of ketones is 1. The molecule has 3 aromatic rings. The van der Waals surface area contributed by atoms with Crippen molar-refractivity contribution in [1.29, 1.82) is 0 Å². The maximum Gasteiger partial charge on any atom is 0.323 e.